The number of rotatable bonds is 13. The van der Waals surface area contributed by atoms with E-state index in [1.54, 1.807) is 7.11 Å². The van der Waals surface area contributed by atoms with Gasteiger partial charge in [-0.15, -0.1) is 0 Å². The fourth-order valence-corrected chi connectivity index (χ4v) is 5.94. The lowest BCUT2D eigenvalue weighted by atomic mass is 9.94. The molecule has 1 aromatic carbocycles. The van der Waals surface area contributed by atoms with Gasteiger partial charge in [-0.2, -0.15) is 0 Å². The Hall–Kier alpha value is -0.666. The largest absolute Gasteiger partial charge is 0.497 e. The van der Waals surface area contributed by atoms with Crippen LogP contribution in [-0.2, 0) is 20.2 Å². The molecule has 0 N–H and O–H groups in total. The second-order valence-corrected chi connectivity index (χ2v) is 22.3. The van der Waals surface area contributed by atoms with Crippen LogP contribution in [0, 0.1) is 5.92 Å². The molecule has 0 radical (unpaired) electrons. The highest BCUT2D eigenvalue weighted by Gasteiger charge is 2.42. The maximum Gasteiger partial charge on any atom is 0.192 e. The van der Waals surface area contributed by atoms with E-state index in [9.17, 15) is 0 Å². The molecule has 1 rings (SSSR count). The maximum absolute atomic E-state index is 7.01. The number of ether oxygens (including phenoxy) is 2. The van der Waals surface area contributed by atoms with Crippen molar-refractivity contribution >= 4 is 16.6 Å². The van der Waals surface area contributed by atoms with E-state index >= 15 is 0 Å². The van der Waals surface area contributed by atoms with Crippen molar-refractivity contribution in [1.82, 2.24) is 0 Å². The molecule has 4 nitrogen and oxygen atoms in total. The standard InChI is InChI=1S/C28H54O4Si2/c1-14-25(30-21-23-15-17-24(29-9)18-16-23)22(2)26(32-34(12,13)28(6,7)8)19-20-31-33(10,11)27(3,4)5/h15-18,22,25-26H,14,19-21H2,1-13H3/t22-,25+,26+/m0/s1. The zero-order valence-corrected chi connectivity index (χ0v) is 26.5. The molecule has 0 aliphatic rings. The molecule has 0 bridgehead atoms. The van der Waals surface area contributed by atoms with Gasteiger partial charge >= 0.3 is 0 Å². The van der Waals surface area contributed by atoms with Crippen LogP contribution < -0.4 is 4.74 Å². The van der Waals surface area contributed by atoms with Crippen molar-refractivity contribution in [2.24, 2.45) is 5.92 Å². The monoisotopic (exact) mass is 510 g/mol. The number of benzene rings is 1. The summed E-state index contributed by atoms with van der Waals surface area (Å²) in [5.74, 6) is 1.15. The topological polar surface area (TPSA) is 36.9 Å². The van der Waals surface area contributed by atoms with Crippen LogP contribution in [0.2, 0.25) is 36.3 Å². The maximum atomic E-state index is 7.01. The minimum absolute atomic E-state index is 0.117. The molecule has 198 valence electrons. The molecule has 0 amide bonds. The Bertz CT molecular complexity index is 717. The quantitative estimate of drug-likeness (QED) is 0.249. The summed E-state index contributed by atoms with van der Waals surface area (Å²) in [6, 6.07) is 8.13. The second-order valence-electron chi connectivity index (χ2n) is 12.8. The van der Waals surface area contributed by atoms with Gasteiger partial charge in [0.2, 0.25) is 0 Å². The molecule has 0 aliphatic carbocycles. The summed E-state index contributed by atoms with van der Waals surface area (Å²) in [5.41, 5.74) is 1.16. The molecule has 1 aromatic rings. The van der Waals surface area contributed by atoms with Gasteiger partial charge in [-0.3, -0.25) is 0 Å². The third kappa shape index (κ3) is 9.09. The SMILES string of the molecule is CC[C@@H](OCc1ccc(OC)cc1)[C@H](C)[C@@H](CCO[Si](C)(C)C(C)(C)C)O[Si](C)(C)C(C)(C)C. The van der Waals surface area contributed by atoms with E-state index in [4.69, 9.17) is 18.3 Å². The summed E-state index contributed by atoms with van der Waals surface area (Å²) in [6.45, 7) is 29.0. The predicted molar refractivity (Wildman–Crippen MR) is 151 cm³/mol. The van der Waals surface area contributed by atoms with E-state index < -0.39 is 16.6 Å². The van der Waals surface area contributed by atoms with Crippen LogP contribution in [0.15, 0.2) is 24.3 Å². The third-order valence-corrected chi connectivity index (χ3v) is 17.2. The Balaban J connectivity index is 2.97. The van der Waals surface area contributed by atoms with Crippen LogP contribution in [-0.4, -0.2) is 42.6 Å². The Labute approximate surface area is 213 Å². The van der Waals surface area contributed by atoms with Gasteiger partial charge < -0.3 is 18.3 Å². The molecule has 0 unspecified atom stereocenters. The zero-order valence-electron chi connectivity index (χ0n) is 24.5. The number of hydrogen-bond acceptors (Lipinski definition) is 4. The van der Waals surface area contributed by atoms with Crippen molar-refractivity contribution in [3.63, 3.8) is 0 Å². The first-order valence-corrected chi connectivity index (χ1v) is 18.8. The van der Waals surface area contributed by atoms with Gasteiger partial charge in [0.05, 0.1) is 25.9 Å². The van der Waals surface area contributed by atoms with E-state index in [0.717, 1.165) is 30.8 Å². The Kier molecular flexibility index (Phi) is 11.6. The first kappa shape index (κ1) is 31.4. The highest BCUT2D eigenvalue weighted by atomic mass is 28.4. The highest BCUT2D eigenvalue weighted by molar-refractivity contribution is 6.74. The van der Waals surface area contributed by atoms with Crippen molar-refractivity contribution < 1.29 is 18.3 Å². The van der Waals surface area contributed by atoms with Crippen molar-refractivity contribution in [3.05, 3.63) is 29.8 Å². The summed E-state index contributed by atoms with van der Waals surface area (Å²) in [6.07, 6.45) is 2.11. The van der Waals surface area contributed by atoms with E-state index in [-0.39, 0.29) is 28.2 Å². The van der Waals surface area contributed by atoms with Gasteiger partial charge in [0, 0.05) is 12.5 Å². The molecular weight excluding hydrogens is 456 g/mol. The van der Waals surface area contributed by atoms with Crippen LogP contribution in [0.25, 0.3) is 0 Å². The van der Waals surface area contributed by atoms with Crippen LogP contribution in [0.4, 0.5) is 0 Å². The van der Waals surface area contributed by atoms with E-state index in [1.165, 1.54) is 0 Å². The van der Waals surface area contributed by atoms with Crippen LogP contribution in [0.1, 0.15) is 73.8 Å². The molecule has 0 aromatic heterocycles. The van der Waals surface area contributed by atoms with Gasteiger partial charge in [-0.1, -0.05) is 67.5 Å². The minimum Gasteiger partial charge on any atom is -0.497 e. The van der Waals surface area contributed by atoms with Crippen molar-refractivity contribution in [2.45, 2.75) is 123 Å². The molecule has 0 heterocycles. The molecular formula is C28H54O4Si2. The van der Waals surface area contributed by atoms with Crippen molar-refractivity contribution in [3.8, 4) is 5.75 Å². The number of hydrogen-bond donors (Lipinski definition) is 0. The molecule has 0 fully saturated rings. The Morgan fingerprint density at radius 3 is 1.79 bits per heavy atom. The minimum atomic E-state index is -1.93. The fourth-order valence-electron chi connectivity index (χ4n) is 3.44. The van der Waals surface area contributed by atoms with Gasteiger partial charge in [0.25, 0.3) is 0 Å². The van der Waals surface area contributed by atoms with Crippen LogP contribution >= 0.6 is 0 Å². The molecule has 0 spiro atoms. The van der Waals surface area contributed by atoms with Crippen molar-refractivity contribution in [1.29, 1.82) is 0 Å². The average molecular weight is 511 g/mol. The lowest BCUT2D eigenvalue weighted by molar-refractivity contribution is -0.0406. The lowest BCUT2D eigenvalue weighted by Crippen LogP contribution is -2.48. The molecule has 0 aliphatic heterocycles. The van der Waals surface area contributed by atoms with Crippen molar-refractivity contribution in [2.75, 3.05) is 13.7 Å². The molecule has 0 saturated heterocycles. The number of methoxy groups -OCH3 is 1. The van der Waals surface area contributed by atoms with Gasteiger partial charge in [-0.25, -0.2) is 0 Å². The molecule has 6 heteroatoms. The van der Waals surface area contributed by atoms with E-state index in [2.05, 4.69) is 93.7 Å². The van der Waals surface area contributed by atoms with Crippen LogP contribution in [0.5, 0.6) is 5.75 Å². The first-order chi connectivity index (χ1) is 15.4. The van der Waals surface area contributed by atoms with Gasteiger partial charge in [-0.05, 0) is 66.8 Å². The summed E-state index contributed by atoms with van der Waals surface area (Å²) in [5, 5.41) is 0.374. The third-order valence-electron chi connectivity index (χ3n) is 8.12. The van der Waals surface area contributed by atoms with Crippen LogP contribution in [0.3, 0.4) is 0 Å². The molecule has 34 heavy (non-hydrogen) atoms. The average Bonchev–Trinajstić information content (AvgIpc) is 2.71. The normalized spacial score (nSPS) is 16.3. The summed E-state index contributed by atoms with van der Waals surface area (Å²) < 4.78 is 25.3. The second kappa shape index (κ2) is 12.5. The predicted octanol–water partition coefficient (Wildman–Crippen LogP) is 8.43. The smallest absolute Gasteiger partial charge is 0.192 e. The molecule has 0 saturated carbocycles. The summed E-state index contributed by atoms with van der Waals surface area (Å²) in [7, 11) is -2.03. The lowest BCUT2D eigenvalue weighted by Gasteiger charge is -2.43. The first-order valence-electron chi connectivity index (χ1n) is 13.0. The van der Waals surface area contributed by atoms with Gasteiger partial charge in [0.15, 0.2) is 16.6 Å². The fraction of sp³-hybridized carbons (Fsp3) is 0.786. The van der Waals surface area contributed by atoms with E-state index in [0.29, 0.717) is 6.61 Å². The summed E-state index contributed by atoms with van der Waals surface area (Å²) in [4.78, 5) is 0. The molecule has 3 atom stereocenters. The van der Waals surface area contributed by atoms with E-state index in [1.807, 2.05) is 12.1 Å². The van der Waals surface area contributed by atoms with Gasteiger partial charge in [0.1, 0.15) is 5.75 Å². The summed E-state index contributed by atoms with van der Waals surface area (Å²) >= 11 is 0. The highest BCUT2D eigenvalue weighted by Crippen LogP contribution is 2.40. The Morgan fingerprint density at radius 1 is 0.824 bits per heavy atom. The Morgan fingerprint density at radius 2 is 1.35 bits per heavy atom. The zero-order chi connectivity index (χ0) is 26.4.